The molecule has 27 heavy (non-hydrogen) atoms. The van der Waals surface area contributed by atoms with Crippen molar-refractivity contribution in [3.63, 3.8) is 0 Å². The smallest absolute Gasteiger partial charge is 0.314 e. The van der Waals surface area contributed by atoms with Crippen LogP contribution in [0.15, 0.2) is 53.5 Å². The zero-order chi connectivity index (χ0) is 18.9. The zero-order valence-electron chi connectivity index (χ0n) is 14.9. The maximum absolute atomic E-state index is 11.5. The molecule has 2 heterocycles. The molecule has 0 unspecified atom stereocenters. The molecule has 0 radical (unpaired) electrons. The summed E-state index contributed by atoms with van der Waals surface area (Å²) >= 11 is 6.10. The van der Waals surface area contributed by atoms with Crippen molar-refractivity contribution in [2.75, 3.05) is 18.4 Å². The lowest BCUT2D eigenvalue weighted by molar-refractivity contribution is 0.185. The van der Waals surface area contributed by atoms with Gasteiger partial charge in [-0.05, 0) is 42.7 Å². The van der Waals surface area contributed by atoms with Gasteiger partial charge in [-0.3, -0.25) is 0 Å². The average molecular weight is 384 g/mol. The van der Waals surface area contributed by atoms with E-state index in [0.29, 0.717) is 24.7 Å². The van der Waals surface area contributed by atoms with Gasteiger partial charge < -0.3 is 21.3 Å². The fourth-order valence-electron chi connectivity index (χ4n) is 3.73. The van der Waals surface area contributed by atoms with Gasteiger partial charge in [-0.1, -0.05) is 35.9 Å². The fraction of sp³-hybridized carbons (Fsp3) is 0.300. The third kappa shape index (κ3) is 3.57. The van der Waals surface area contributed by atoms with Crippen LogP contribution in [0.4, 0.5) is 16.2 Å². The number of halogens is 1. The molecule has 1 fully saturated rings. The van der Waals surface area contributed by atoms with Crippen molar-refractivity contribution in [3.05, 3.63) is 59.1 Å². The van der Waals surface area contributed by atoms with E-state index in [2.05, 4.69) is 10.6 Å². The van der Waals surface area contributed by atoms with Crippen LogP contribution in [0.5, 0.6) is 0 Å². The van der Waals surface area contributed by atoms with Gasteiger partial charge in [0, 0.05) is 24.7 Å². The van der Waals surface area contributed by atoms with E-state index in [1.807, 2.05) is 48.5 Å². The Hall–Kier alpha value is -2.73. The first kappa shape index (κ1) is 17.7. The van der Waals surface area contributed by atoms with Crippen LogP contribution >= 0.6 is 11.6 Å². The van der Waals surface area contributed by atoms with E-state index in [1.165, 1.54) is 0 Å². The molecule has 2 aliphatic heterocycles. The number of nitrogens with two attached hydrogens (primary N) is 1. The van der Waals surface area contributed by atoms with Crippen molar-refractivity contribution < 1.29 is 4.79 Å². The highest BCUT2D eigenvalue weighted by Crippen LogP contribution is 2.37. The molecule has 7 heteroatoms. The number of primary amides is 1. The van der Waals surface area contributed by atoms with Crippen LogP contribution in [0.1, 0.15) is 18.4 Å². The van der Waals surface area contributed by atoms with Crippen molar-refractivity contribution in [3.8, 4) is 0 Å². The second-order valence-corrected chi connectivity index (χ2v) is 7.43. The lowest BCUT2D eigenvalue weighted by Gasteiger charge is -2.45. The molecule has 0 bridgehead atoms. The zero-order valence-corrected chi connectivity index (χ0v) is 15.7. The van der Waals surface area contributed by atoms with Gasteiger partial charge in [0.25, 0.3) is 0 Å². The van der Waals surface area contributed by atoms with Crippen LogP contribution in [0.2, 0.25) is 5.02 Å². The highest BCUT2D eigenvalue weighted by molar-refractivity contribution is 6.30. The van der Waals surface area contributed by atoms with Crippen LogP contribution in [0, 0.1) is 0 Å². The van der Waals surface area contributed by atoms with E-state index in [4.69, 9.17) is 22.3 Å². The molecule has 140 valence electrons. The third-order valence-corrected chi connectivity index (χ3v) is 5.48. The monoisotopic (exact) mass is 383 g/mol. The summed E-state index contributed by atoms with van der Waals surface area (Å²) in [5.74, 6) is 0.894. The number of piperidine rings is 1. The Balaban J connectivity index is 1.60. The molecule has 0 aromatic heterocycles. The first-order valence-electron chi connectivity index (χ1n) is 9.05. The number of para-hydroxylation sites is 2. The summed E-state index contributed by atoms with van der Waals surface area (Å²) in [5.41, 5.74) is 8.13. The lowest BCUT2D eigenvalue weighted by Crippen LogP contribution is -2.60. The summed E-state index contributed by atoms with van der Waals surface area (Å²) < 4.78 is 0. The van der Waals surface area contributed by atoms with Crippen LogP contribution in [-0.4, -0.2) is 35.4 Å². The average Bonchev–Trinajstić information content (AvgIpc) is 2.67. The van der Waals surface area contributed by atoms with Gasteiger partial charge in [-0.2, -0.15) is 0 Å². The molecular formula is C20H22ClN5O. The summed E-state index contributed by atoms with van der Waals surface area (Å²) in [5, 5.41) is 7.89. The summed E-state index contributed by atoms with van der Waals surface area (Å²) in [6.45, 7) is 1.83. The maximum Gasteiger partial charge on any atom is 0.314 e. The molecule has 6 nitrogen and oxygen atoms in total. The fourth-order valence-corrected chi connectivity index (χ4v) is 3.95. The number of carbonyl (C=O) groups excluding carboxylic acids is 1. The quantitative estimate of drug-likeness (QED) is 0.742. The van der Waals surface area contributed by atoms with Gasteiger partial charge >= 0.3 is 6.03 Å². The minimum Gasteiger partial charge on any atom is -0.371 e. The van der Waals surface area contributed by atoms with Crippen molar-refractivity contribution in [1.82, 2.24) is 10.2 Å². The van der Waals surface area contributed by atoms with Crippen LogP contribution in [-0.2, 0) is 6.54 Å². The number of rotatable bonds is 2. The summed E-state index contributed by atoms with van der Waals surface area (Å²) in [7, 11) is 0. The van der Waals surface area contributed by atoms with Gasteiger partial charge in [-0.25, -0.2) is 9.79 Å². The Morgan fingerprint density at radius 3 is 2.74 bits per heavy atom. The van der Waals surface area contributed by atoms with Crippen LogP contribution in [0.3, 0.4) is 0 Å². The van der Waals surface area contributed by atoms with Crippen LogP contribution < -0.4 is 16.4 Å². The van der Waals surface area contributed by atoms with E-state index < -0.39 is 0 Å². The second-order valence-electron chi connectivity index (χ2n) is 6.99. The predicted octanol–water partition coefficient (Wildman–Crippen LogP) is 3.50. The van der Waals surface area contributed by atoms with Gasteiger partial charge in [0.05, 0.1) is 16.9 Å². The summed E-state index contributed by atoms with van der Waals surface area (Å²) in [4.78, 5) is 18.1. The minimum absolute atomic E-state index is 0.334. The Kier molecular flexibility index (Phi) is 4.66. The number of amides is 2. The Morgan fingerprint density at radius 1 is 1.22 bits per heavy atom. The van der Waals surface area contributed by atoms with Crippen LogP contribution in [0.25, 0.3) is 0 Å². The SMILES string of the molecule is NC(=O)N1CCC2(CC1)Nc1ccccc1N=C2NCc1cccc(Cl)c1. The number of amidine groups is 1. The van der Waals surface area contributed by atoms with E-state index in [1.54, 1.807) is 4.90 Å². The van der Waals surface area contributed by atoms with Gasteiger partial charge in [0.1, 0.15) is 5.84 Å². The predicted molar refractivity (Wildman–Crippen MR) is 109 cm³/mol. The molecule has 2 aromatic rings. The molecule has 2 aromatic carbocycles. The van der Waals surface area contributed by atoms with E-state index >= 15 is 0 Å². The molecule has 2 aliphatic rings. The van der Waals surface area contributed by atoms with Crippen molar-refractivity contribution in [2.24, 2.45) is 10.7 Å². The topological polar surface area (TPSA) is 82.8 Å². The molecule has 4 N–H and O–H groups in total. The second kappa shape index (κ2) is 7.12. The number of hydrogen-bond acceptors (Lipinski definition) is 4. The number of nitrogens with one attached hydrogen (secondary N) is 2. The molecule has 0 saturated carbocycles. The summed E-state index contributed by atoms with van der Waals surface area (Å²) in [6.07, 6.45) is 1.48. The number of anilines is 1. The van der Waals surface area contributed by atoms with E-state index in [9.17, 15) is 4.79 Å². The standard InChI is InChI=1S/C20H22ClN5O/c21-15-5-3-4-14(12-15)13-23-18-20(8-10-26(11-9-20)19(22)27)25-17-7-2-1-6-16(17)24-18/h1-7,12,25H,8-11,13H2,(H2,22,27)(H,23,24). The van der Waals surface area contributed by atoms with E-state index in [-0.39, 0.29) is 11.6 Å². The van der Waals surface area contributed by atoms with Gasteiger partial charge in [-0.15, -0.1) is 0 Å². The number of aliphatic imine (C=N–C) groups is 1. The number of hydrogen-bond donors (Lipinski definition) is 3. The molecule has 0 aliphatic carbocycles. The third-order valence-electron chi connectivity index (χ3n) is 5.24. The Bertz CT molecular complexity index is 889. The molecule has 1 saturated heterocycles. The number of benzene rings is 2. The van der Waals surface area contributed by atoms with E-state index in [0.717, 1.165) is 35.6 Å². The Labute approximate surface area is 163 Å². The normalized spacial score (nSPS) is 17.7. The molecule has 4 rings (SSSR count). The molecule has 1 spiro atoms. The number of carbonyl (C=O) groups is 1. The largest absolute Gasteiger partial charge is 0.371 e. The first-order chi connectivity index (χ1) is 13.1. The highest BCUT2D eigenvalue weighted by Gasteiger charge is 2.42. The number of urea groups is 1. The maximum atomic E-state index is 11.5. The molecular weight excluding hydrogens is 362 g/mol. The highest BCUT2D eigenvalue weighted by atomic mass is 35.5. The minimum atomic E-state index is -0.369. The first-order valence-corrected chi connectivity index (χ1v) is 9.43. The number of fused-ring (bicyclic) bond motifs is 1. The van der Waals surface area contributed by atoms with Crippen molar-refractivity contribution in [2.45, 2.75) is 24.9 Å². The van der Waals surface area contributed by atoms with Crippen molar-refractivity contribution in [1.29, 1.82) is 0 Å². The van der Waals surface area contributed by atoms with Gasteiger partial charge in [0.15, 0.2) is 0 Å². The van der Waals surface area contributed by atoms with Crippen molar-refractivity contribution >= 4 is 34.8 Å². The number of nitrogens with zero attached hydrogens (tertiary/aromatic N) is 2. The molecule has 0 atom stereocenters. The van der Waals surface area contributed by atoms with Gasteiger partial charge in [0.2, 0.25) is 0 Å². The molecule has 2 amide bonds. The summed E-state index contributed by atoms with van der Waals surface area (Å²) in [6, 6.07) is 15.4. The Morgan fingerprint density at radius 2 is 2.00 bits per heavy atom. The number of likely N-dealkylation sites (tertiary alicyclic amines) is 1. The lowest BCUT2D eigenvalue weighted by atomic mass is 9.84.